The van der Waals surface area contributed by atoms with Gasteiger partial charge in [0.25, 0.3) is 5.91 Å². The van der Waals surface area contributed by atoms with E-state index in [-0.39, 0.29) is 23.7 Å². The summed E-state index contributed by atoms with van der Waals surface area (Å²) in [7, 11) is 1.64. The summed E-state index contributed by atoms with van der Waals surface area (Å²) in [5, 5.41) is 0. The van der Waals surface area contributed by atoms with Gasteiger partial charge in [-0.15, -0.1) is 0 Å². The predicted molar refractivity (Wildman–Crippen MR) is 127 cm³/mol. The molecule has 0 radical (unpaired) electrons. The zero-order valence-electron chi connectivity index (χ0n) is 20.5. The van der Waals surface area contributed by atoms with Gasteiger partial charge in [-0.2, -0.15) is 0 Å². The van der Waals surface area contributed by atoms with Crippen LogP contribution in [0.4, 0.5) is 0 Å². The number of methoxy groups -OCH3 is 1. The second-order valence-electron chi connectivity index (χ2n) is 10.3. The maximum absolute atomic E-state index is 13.8. The minimum absolute atomic E-state index is 0.106. The van der Waals surface area contributed by atoms with Gasteiger partial charge in [0, 0.05) is 26.2 Å². The molecule has 0 aromatic heterocycles. The molecule has 3 heterocycles. The van der Waals surface area contributed by atoms with E-state index >= 15 is 0 Å². The number of carbonyl (C=O) groups excluding carboxylic acids is 2. The Labute approximate surface area is 202 Å². The number of carbonyl (C=O) groups is 2. The zero-order valence-corrected chi connectivity index (χ0v) is 20.5. The molecule has 34 heavy (non-hydrogen) atoms. The van der Waals surface area contributed by atoms with Crippen molar-refractivity contribution in [3.8, 4) is 5.75 Å². The van der Waals surface area contributed by atoms with Crippen LogP contribution in [-0.2, 0) is 19.1 Å². The van der Waals surface area contributed by atoms with E-state index in [2.05, 4.69) is 18.7 Å². The molecule has 7 nitrogen and oxygen atoms in total. The lowest BCUT2D eigenvalue weighted by Gasteiger charge is -2.40. The number of fused-ring (bicyclic) bond motifs is 1. The normalized spacial score (nSPS) is 31.9. The Morgan fingerprint density at radius 1 is 1.00 bits per heavy atom. The Hall–Kier alpha value is -2.38. The van der Waals surface area contributed by atoms with Crippen molar-refractivity contribution >= 4 is 11.7 Å². The largest absolute Gasteiger partial charge is 0.497 e. The molecule has 1 saturated carbocycles. The monoisotopic (exact) mass is 468 g/mol. The second kappa shape index (κ2) is 9.70. The number of hydrogen-bond donors (Lipinski definition) is 0. The average molecular weight is 469 g/mol. The summed E-state index contributed by atoms with van der Waals surface area (Å²) >= 11 is 0. The average Bonchev–Trinajstić information content (AvgIpc) is 3.13. The fourth-order valence-electron chi connectivity index (χ4n) is 5.96. The summed E-state index contributed by atoms with van der Waals surface area (Å²) in [6.45, 7) is 9.28. The number of amides is 1. The molecule has 184 valence electrons. The Morgan fingerprint density at radius 2 is 1.71 bits per heavy atom. The van der Waals surface area contributed by atoms with Crippen molar-refractivity contribution in [3.63, 3.8) is 0 Å². The van der Waals surface area contributed by atoms with Crippen LogP contribution in [0.15, 0.2) is 35.6 Å². The van der Waals surface area contributed by atoms with Crippen molar-refractivity contribution in [2.75, 3.05) is 46.5 Å². The first-order valence-corrected chi connectivity index (χ1v) is 12.7. The van der Waals surface area contributed by atoms with Crippen LogP contribution in [0.5, 0.6) is 5.75 Å². The van der Waals surface area contributed by atoms with E-state index in [0.717, 1.165) is 63.4 Å². The van der Waals surface area contributed by atoms with E-state index in [9.17, 15) is 9.59 Å². The minimum atomic E-state index is -0.402. The molecule has 3 aliphatic heterocycles. The Balaban J connectivity index is 1.42. The molecule has 1 saturated heterocycles. The predicted octanol–water partition coefficient (Wildman–Crippen LogP) is 3.21. The molecule has 5 rings (SSSR count). The van der Waals surface area contributed by atoms with Gasteiger partial charge < -0.3 is 19.1 Å². The van der Waals surface area contributed by atoms with Crippen molar-refractivity contribution in [2.24, 2.45) is 17.8 Å². The molecular formula is C27H36N2O5. The van der Waals surface area contributed by atoms with E-state index in [1.54, 1.807) is 7.11 Å². The van der Waals surface area contributed by atoms with Crippen molar-refractivity contribution < 1.29 is 23.8 Å². The molecule has 1 amide bonds. The highest BCUT2D eigenvalue weighted by molar-refractivity contribution is 6.11. The topological polar surface area (TPSA) is 68.3 Å². The van der Waals surface area contributed by atoms with Crippen molar-refractivity contribution in [1.82, 2.24) is 9.80 Å². The lowest BCUT2D eigenvalue weighted by Crippen LogP contribution is -2.43. The quantitative estimate of drug-likeness (QED) is 0.639. The third-order valence-corrected chi connectivity index (χ3v) is 8.21. The Kier molecular flexibility index (Phi) is 6.67. The van der Waals surface area contributed by atoms with Gasteiger partial charge in [0.05, 0.1) is 37.9 Å². The van der Waals surface area contributed by atoms with Crippen LogP contribution >= 0.6 is 0 Å². The third-order valence-electron chi connectivity index (χ3n) is 8.21. The van der Waals surface area contributed by atoms with Crippen LogP contribution in [0, 0.1) is 17.8 Å². The van der Waals surface area contributed by atoms with Gasteiger partial charge in [0.2, 0.25) is 0 Å². The number of hydrogen-bond acceptors (Lipinski definition) is 6. The fourth-order valence-corrected chi connectivity index (χ4v) is 5.96. The molecule has 0 spiro atoms. The zero-order chi connectivity index (χ0) is 23.8. The van der Waals surface area contributed by atoms with Crippen LogP contribution in [0.1, 0.15) is 44.7 Å². The SMILES string of the molecule is COc1ccc(C2C3=C(OC4CC(C)C(C)CC4C3=O)C(=O)N2CCCN2CCOCC2)cc1. The van der Waals surface area contributed by atoms with Gasteiger partial charge in [-0.3, -0.25) is 14.5 Å². The minimum Gasteiger partial charge on any atom is -0.497 e. The Morgan fingerprint density at radius 3 is 2.41 bits per heavy atom. The highest BCUT2D eigenvalue weighted by atomic mass is 16.5. The molecule has 2 fully saturated rings. The summed E-state index contributed by atoms with van der Waals surface area (Å²) in [4.78, 5) is 31.7. The number of Topliss-reactive ketones (excluding diaryl/α,β-unsaturated/α-hetero) is 1. The maximum atomic E-state index is 13.8. The van der Waals surface area contributed by atoms with Gasteiger partial charge in [-0.05, 0) is 48.8 Å². The van der Waals surface area contributed by atoms with Crippen molar-refractivity contribution in [3.05, 3.63) is 41.2 Å². The van der Waals surface area contributed by atoms with Gasteiger partial charge in [0.1, 0.15) is 11.9 Å². The summed E-state index contributed by atoms with van der Waals surface area (Å²) in [5.74, 6) is 1.80. The van der Waals surface area contributed by atoms with Gasteiger partial charge in [-0.1, -0.05) is 26.0 Å². The molecule has 1 aromatic rings. The summed E-state index contributed by atoms with van der Waals surface area (Å²) in [6, 6.07) is 7.32. The van der Waals surface area contributed by atoms with E-state index in [4.69, 9.17) is 14.2 Å². The van der Waals surface area contributed by atoms with Gasteiger partial charge in [-0.25, -0.2) is 0 Å². The van der Waals surface area contributed by atoms with Gasteiger partial charge in [0.15, 0.2) is 11.5 Å². The van der Waals surface area contributed by atoms with Crippen LogP contribution < -0.4 is 4.74 Å². The first-order chi connectivity index (χ1) is 16.5. The molecule has 0 bridgehead atoms. The molecular weight excluding hydrogens is 432 g/mol. The molecule has 1 aliphatic carbocycles. The maximum Gasteiger partial charge on any atom is 0.290 e. The second-order valence-corrected chi connectivity index (χ2v) is 10.3. The summed E-state index contributed by atoms with van der Waals surface area (Å²) < 4.78 is 17.1. The summed E-state index contributed by atoms with van der Waals surface area (Å²) in [6.07, 6.45) is 2.30. The molecule has 5 unspecified atom stereocenters. The summed E-state index contributed by atoms with van der Waals surface area (Å²) in [5.41, 5.74) is 1.49. The highest BCUT2D eigenvalue weighted by Gasteiger charge is 2.53. The van der Waals surface area contributed by atoms with Crippen LogP contribution in [0.3, 0.4) is 0 Å². The number of benzene rings is 1. The number of ether oxygens (including phenoxy) is 3. The third kappa shape index (κ3) is 4.24. The fraction of sp³-hybridized carbons (Fsp3) is 0.630. The molecule has 7 heteroatoms. The molecule has 4 aliphatic rings. The lowest BCUT2D eigenvalue weighted by atomic mass is 9.70. The van der Waals surface area contributed by atoms with E-state index in [1.807, 2.05) is 29.2 Å². The van der Waals surface area contributed by atoms with Crippen LogP contribution in [-0.4, -0.2) is 74.1 Å². The lowest BCUT2D eigenvalue weighted by molar-refractivity contribution is -0.137. The first-order valence-electron chi connectivity index (χ1n) is 12.7. The van der Waals surface area contributed by atoms with Crippen LogP contribution in [0.2, 0.25) is 0 Å². The molecule has 0 N–H and O–H groups in total. The molecule has 1 aromatic carbocycles. The van der Waals surface area contributed by atoms with E-state index in [0.29, 0.717) is 29.7 Å². The van der Waals surface area contributed by atoms with Crippen molar-refractivity contribution in [2.45, 2.75) is 45.3 Å². The van der Waals surface area contributed by atoms with Crippen LogP contribution in [0.25, 0.3) is 0 Å². The number of morpholine rings is 1. The van der Waals surface area contributed by atoms with Crippen molar-refractivity contribution in [1.29, 1.82) is 0 Å². The number of nitrogens with zero attached hydrogens (tertiary/aromatic N) is 2. The van der Waals surface area contributed by atoms with E-state index < -0.39 is 6.04 Å². The van der Waals surface area contributed by atoms with E-state index in [1.165, 1.54) is 0 Å². The standard InChI is InChI=1S/C27H36N2O5/c1-17-15-21-22(16-18(17)2)34-26-23(25(21)30)24(19-5-7-20(32-3)8-6-19)29(27(26)31)10-4-9-28-11-13-33-14-12-28/h5-8,17-18,21-22,24H,4,9-16H2,1-3H3. The molecule has 5 atom stereocenters. The smallest absolute Gasteiger partial charge is 0.290 e. The number of ketones is 1. The number of rotatable bonds is 6. The Bertz CT molecular complexity index is 952. The first kappa shape index (κ1) is 23.4. The highest BCUT2D eigenvalue weighted by Crippen LogP contribution is 2.48. The van der Waals surface area contributed by atoms with Gasteiger partial charge >= 0.3 is 0 Å².